The van der Waals surface area contributed by atoms with E-state index < -0.39 is 18.3 Å². The van der Waals surface area contributed by atoms with Crippen LogP contribution >= 0.6 is 0 Å². The summed E-state index contributed by atoms with van der Waals surface area (Å²) in [6, 6.07) is 0. The summed E-state index contributed by atoms with van der Waals surface area (Å²) in [7, 11) is 0. The van der Waals surface area contributed by atoms with Crippen molar-refractivity contribution in [3.63, 3.8) is 0 Å². The van der Waals surface area contributed by atoms with Crippen molar-refractivity contribution >= 4 is 0 Å². The summed E-state index contributed by atoms with van der Waals surface area (Å²) in [6.45, 7) is 3.96. The van der Waals surface area contributed by atoms with Gasteiger partial charge < -0.3 is 24.8 Å². The molecule has 0 aliphatic heterocycles. The number of unbranched alkanes of at least 4 members (excludes halogenated alkanes) is 1. The minimum atomic E-state index is -0.715. The van der Waals surface area contributed by atoms with Crippen LogP contribution in [0.2, 0.25) is 0 Å². The monoisotopic (exact) mass is 236 g/mol. The first-order valence-electron chi connectivity index (χ1n) is 5.80. The Morgan fingerprint density at radius 2 is 1.81 bits per heavy atom. The summed E-state index contributed by atoms with van der Waals surface area (Å²) in [5, 5.41) is 27.3. The van der Waals surface area contributed by atoms with Crippen LogP contribution in [0.3, 0.4) is 0 Å². The summed E-state index contributed by atoms with van der Waals surface area (Å²) in [5.41, 5.74) is 0. The van der Waals surface area contributed by atoms with Gasteiger partial charge in [-0.2, -0.15) is 0 Å². The third-order valence-electron chi connectivity index (χ3n) is 2.25. The van der Waals surface area contributed by atoms with E-state index in [0.29, 0.717) is 6.61 Å². The van der Waals surface area contributed by atoms with Crippen LogP contribution in [0, 0.1) is 0 Å². The average molecular weight is 236 g/mol. The van der Waals surface area contributed by atoms with Gasteiger partial charge >= 0.3 is 0 Å². The number of aliphatic hydroxyl groups is 3. The van der Waals surface area contributed by atoms with Crippen molar-refractivity contribution in [3.8, 4) is 0 Å². The fraction of sp³-hybridized carbons (Fsp3) is 1.00. The highest BCUT2D eigenvalue weighted by molar-refractivity contribution is 4.75. The Morgan fingerprint density at radius 1 is 1.12 bits per heavy atom. The molecule has 0 aliphatic carbocycles. The van der Waals surface area contributed by atoms with E-state index in [4.69, 9.17) is 19.7 Å². The molecule has 98 valence electrons. The summed E-state index contributed by atoms with van der Waals surface area (Å²) < 4.78 is 10.7. The lowest BCUT2D eigenvalue weighted by Crippen LogP contribution is -2.42. The number of aliphatic hydroxyl groups excluding tert-OH is 3. The zero-order valence-electron chi connectivity index (χ0n) is 10.1. The molecule has 0 aromatic carbocycles. The molecule has 0 radical (unpaired) electrons. The second kappa shape index (κ2) is 9.99. The van der Waals surface area contributed by atoms with Crippen LogP contribution in [0.25, 0.3) is 0 Å². The van der Waals surface area contributed by atoms with Gasteiger partial charge in [-0.15, -0.1) is 0 Å². The van der Waals surface area contributed by atoms with Crippen molar-refractivity contribution < 1.29 is 24.8 Å². The minimum absolute atomic E-state index is 0.113. The van der Waals surface area contributed by atoms with Gasteiger partial charge in [0.05, 0.1) is 25.9 Å². The normalized spacial score (nSPS) is 17.1. The third-order valence-corrected chi connectivity index (χ3v) is 2.25. The van der Waals surface area contributed by atoms with E-state index in [0.717, 1.165) is 12.8 Å². The molecule has 0 aromatic heterocycles. The molecule has 3 unspecified atom stereocenters. The van der Waals surface area contributed by atoms with Gasteiger partial charge in [0, 0.05) is 6.61 Å². The van der Waals surface area contributed by atoms with Crippen molar-refractivity contribution in [2.24, 2.45) is 0 Å². The van der Waals surface area contributed by atoms with Gasteiger partial charge in [-0.3, -0.25) is 0 Å². The van der Waals surface area contributed by atoms with Crippen LogP contribution < -0.4 is 0 Å². The predicted molar refractivity (Wildman–Crippen MR) is 60.2 cm³/mol. The van der Waals surface area contributed by atoms with Crippen LogP contribution in [0.1, 0.15) is 26.7 Å². The molecule has 0 saturated carbocycles. The Bertz CT molecular complexity index is 151. The van der Waals surface area contributed by atoms with Gasteiger partial charge in [-0.1, -0.05) is 13.3 Å². The smallest absolute Gasteiger partial charge is 0.111 e. The fourth-order valence-corrected chi connectivity index (χ4v) is 1.38. The Hall–Kier alpha value is -0.200. The Morgan fingerprint density at radius 3 is 2.25 bits per heavy atom. The summed E-state index contributed by atoms with van der Waals surface area (Å²) in [5.74, 6) is 0. The molecule has 0 heterocycles. The average Bonchev–Trinajstić information content (AvgIpc) is 2.27. The van der Waals surface area contributed by atoms with Crippen molar-refractivity contribution in [2.45, 2.75) is 45.0 Å². The topological polar surface area (TPSA) is 79.2 Å². The molecule has 0 aliphatic rings. The van der Waals surface area contributed by atoms with Crippen LogP contribution in [-0.4, -0.2) is 60.1 Å². The number of hydrogen-bond donors (Lipinski definition) is 3. The Balaban J connectivity index is 4.12. The first-order chi connectivity index (χ1) is 7.67. The molecule has 3 N–H and O–H groups in total. The van der Waals surface area contributed by atoms with E-state index >= 15 is 0 Å². The van der Waals surface area contributed by atoms with Crippen LogP contribution in [0.5, 0.6) is 0 Å². The van der Waals surface area contributed by atoms with E-state index in [9.17, 15) is 5.11 Å². The molecule has 0 rings (SSSR count). The highest BCUT2D eigenvalue weighted by atomic mass is 16.6. The first kappa shape index (κ1) is 15.8. The first-order valence-corrected chi connectivity index (χ1v) is 5.80. The van der Waals surface area contributed by atoms with Gasteiger partial charge in [0.1, 0.15) is 12.2 Å². The van der Waals surface area contributed by atoms with E-state index in [1.54, 1.807) is 6.92 Å². The maximum absolute atomic E-state index is 9.53. The molecule has 0 fully saturated rings. The molecule has 5 heteroatoms. The number of ether oxygens (including phenoxy) is 2. The molecule has 3 atom stereocenters. The molecule has 0 aromatic rings. The second-order valence-corrected chi connectivity index (χ2v) is 3.74. The molecule has 0 spiro atoms. The highest BCUT2D eigenvalue weighted by Crippen LogP contribution is 2.10. The van der Waals surface area contributed by atoms with Crippen LogP contribution in [0.15, 0.2) is 0 Å². The number of hydrogen-bond acceptors (Lipinski definition) is 5. The zero-order valence-corrected chi connectivity index (χ0v) is 10.1. The van der Waals surface area contributed by atoms with Crippen molar-refractivity contribution in [1.29, 1.82) is 0 Å². The summed E-state index contributed by atoms with van der Waals surface area (Å²) in [6.07, 6.45) is 0.0506. The molecule has 0 bridgehead atoms. The highest BCUT2D eigenvalue weighted by Gasteiger charge is 2.26. The van der Waals surface area contributed by atoms with Gasteiger partial charge in [-0.25, -0.2) is 0 Å². The van der Waals surface area contributed by atoms with Gasteiger partial charge in [0.25, 0.3) is 0 Å². The predicted octanol–water partition coefficient (Wildman–Crippen LogP) is -0.0777. The van der Waals surface area contributed by atoms with Gasteiger partial charge in [0.15, 0.2) is 0 Å². The quantitative estimate of drug-likeness (QED) is 0.462. The molecular weight excluding hydrogens is 212 g/mol. The minimum Gasteiger partial charge on any atom is -0.394 e. The summed E-state index contributed by atoms with van der Waals surface area (Å²) >= 11 is 0. The van der Waals surface area contributed by atoms with E-state index in [1.807, 2.05) is 6.92 Å². The van der Waals surface area contributed by atoms with Crippen molar-refractivity contribution in [1.82, 2.24) is 0 Å². The molecule has 0 saturated heterocycles. The maximum atomic E-state index is 9.53. The maximum Gasteiger partial charge on any atom is 0.111 e. The van der Waals surface area contributed by atoms with E-state index in [2.05, 4.69) is 0 Å². The fourth-order valence-electron chi connectivity index (χ4n) is 1.38. The largest absolute Gasteiger partial charge is 0.394 e. The lowest BCUT2D eigenvalue weighted by Gasteiger charge is -2.28. The molecule has 5 nitrogen and oxygen atoms in total. The van der Waals surface area contributed by atoms with Gasteiger partial charge in [-0.05, 0) is 13.3 Å². The second-order valence-electron chi connectivity index (χ2n) is 3.74. The molecular formula is C11H24O5. The molecule has 0 amide bonds. The Kier molecular flexibility index (Phi) is 9.86. The van der Waals surface area contributed by atoms with E-state index in [-0.39, 0.29) is 19.8 Å². The zero-order chi connectivity index (χ0) is 12.4. The SMILES string of the molecule is CCCCOC(C(C)O)C(CO)OCCO. The third kappa shape index (κ3) is 6.40. The van der Waals surface area contributed by atoms with Crippen LogP contribution in [0.4, 0.5) is 0 Å². The van der Waals surface area contributed by atoms with Crippen molar-refractivity contribution in [2.75, 3.05) is 26.4 Å². The van der Waals surface area contributed by atoms with Crippen molar-refractivity contribution in [3.05, 3.63) is 0 Å². The van der Waals surface area contributed by atoms with Gasteiger partial charge in [0.2, 0.25) is 0 Å². The standard InChI is InChI=1S/C11H24O5/c1-3-4-6-16-11(9(2)14)10(8-13)15-7-5-12/h9-14H,3-8H2,1-2H3. The molecule has 16 heavy (non-hydrogen) atoms. The Labute approximate surface area is 97.0 Å². The van der Waals surface area contributed by atoms with E-state index in [1.165, 1.54) is 0 Å². The lowest BCUT2D eigenvalue weighted by atomic mass is 10.1. The number of rotatable bonds is 10. The van der Waals surface area contributed by atoms with Crippen LogP contribution in [-0.2, 0) is 9.47 Å². The summed E-state index contributed by atoms with van der Waals surface area (Å²) in [4.78, 5) is 0. The lowest BCUT2D eigenvalue weighted by molar-refractivity contribution is -0.134.